The zero-order valence-corrected chi connectivity index (χ0v) is 12.4. The highest BCUT2D eigenvalue weighted by atomic mass is 16.6. The summed E-state index contributed by atoms with van der Waals surface area (Å²) in [6, 6.07) is 0. The molecule has 1 rings (SSSR count). The molecule has 1 saturated heterocycles. The van der Waals surface area contributed by atoms with E-state index in [1.807, 2.05) is 0 Å². The molecule has 1 aliphatic heterocycles. The number of carbonyl (C=O) groups excluding carboxylic acids is 2. The predicted octanol–water partition coefficient (Wildman–Crippen LogP) is 0.546. The first-order valence-electron chi connectivity index (χ1n) is 6.69. The summed E-state index contributed by atoms with van der Waals surface area (Å²) in [6.07, 6.45) is -2.74. The highest BCUT2D eigenvalue weighted by Gasteiger charge is 2.35. The van der Waals surface area contributed by atoms with Crippen LogP contribution in [0.4, 0.5) is 4.79 Å². The van der Waals surface area contributed by atoms with Crippen LogP contribution in [-0.4, -0.2) is 66.2 Å². The van der Waals surface area contributed by atoms with Crippen LogP contribution in [0.3, 0.4) is 0 Å². The van der Waals surface area contributed by atoms with E-state index in [0.717, 1.165) is 0 Å². The lowest BCUT2D eigenvalue weighted by Gasteiger charge is -2.27. The van der Waals surface area contributed by atoms with Crippen molar-refractivity contribution in [1.82, 2.24) is 4.90 Å². The first-order valence-corrected chi connectivity index (χ1v) is 6.69. The molecular weight excluding hydrogens is 266 g/mol. The summed E-state index contributed by atoms with van der Waals surface area (Å²) in [6.45, 7) is 7.53. The van der Waals surface area contributed by atoms with Crippen LogP contribution in [0.2, 0.25) is 0 Å². The number of β-amino-alcohol motifs (C(OH)–C–C–N with tert-alkyl or cyclic N) is 1. The maximum Gasteiger partial charge on any atom is 0.410 e. The molecule has 1 amide bonds. The van der Waals surface area contributed by atoms with Gasteiger partial charge in [-0.15, -0.1) is 0 Å². The van der Waals surface area contributed by atoms with E-state index in [0.29, 0.717) is 0 Å². The third-order valence-corrected chi connectivity index (χ3v) is 2.59. The molecule has 7 heteroatoms. The third-order valence-electron chi connectivity index (χ3n) is 2.59. The van der Waals surface area contributed by atoms with E-state index < -0.39 is 29.9 Å². The number of aliphatic hydroxyl groups excluding tert-OH is 1. The van der Waals surface area contributed by atoms with Crippen LogP contribution >= 0.6 is 0 Å². The Balaban J connectivity index is 2.64. The van der Waals surface area contributed by atoms with Gasteiger partial charge in [-0.2, -0.15) is 0 Å². The Bertz CT molecular complexity index is 351. The van der Waals surface area contributed by atoms with Crippen molar-refractivity contribution in [3.05, 3.63) is 0 Å². The van der Waals surface area contributed by atoms with Crippen LogP contribution in [-0.2, 0) is 19.0 Å². The fraction of sp³-hybridized carbons (Fsp3) is 0.846. The molecule has 0 unspecified atom stereocenters. The second-order valence-corrected chi connectivity index (χ2v) is 5.54. The number of nitrogens with zero attached hydrogens (tertiary/aromatic N) is 1. The van der Waals surface area contributed by atoms with Gasteiger partial charge in [0.25, 0.3) is 0 Å². The lowest BCUT2D eigenvalue weighted by molar-refractivity contribution is -0.162. The van der Waals surface area contributed by atoms with Crippen LogP contribution < -0.4 is 0 Å². The van der Waals surface area contributed by atoms with Crippen molar-refractivity contribution in [2.75, 3.05) is 26.3 Å². The Morgan fingerprint density at radius 1 is 1.40 bits per heavy atom. The Hall–Kier alpha value is -1.34. The number of hydrogen-bond donors (Lipinski definition) is 1. The Morgan fingerprint density at radius 2 is 2.05 bits per heavy atom. The topological polar surface area (TPSA) is 85.3 Å². The van der Waals surface area contributed by atoms with Crippen molar-refractivity contribution in [1.29, 1.82) is 0 Å². The zero-order chi connectivity index (χ0) is 15.3. The van der Waals surface area contributed by atoms with E-state index >= 15 is 0 Å². The van der Waals surface area contributed by atoms with Crippen LogP contribution in [0.5, 0.6) is 0 Å². The second-order valence-electron chi connectivity index (χ2n) is 5.54. The molecule has 7 nitrogen and oxygen atoms in total. The number of aliphatic hydroxyl groups is 1. The van der Waals surface area contributed by atoms with Gasteiger partial charge in [0.2, 0.25) is 0 Å². The minimum absolute atomic E-state index is 0.0294. The average molecular weight is 289 g/mol. The lowest BCUT2D eigenvalue weighted by atomic mass is 10.2. The molecule has 0 spiro atoms. The monoisotopic (exact) mass is 289 g/mol. The number of amides is 1. The highest BCUT2D eigenvalue weighted by molar-refractivity contribution is 5.76. The second kappa shape index (κ2) is 6.90. The van der Waals surface area contributed by atoms with Crippen LogP contribution in [0.15, 0.2) is 0 Å². The van der Waals surface area contributed by atoms with Crippen molar-refractivity contribution < 1.29 is 28.9 Å². The molecule has 0 radical (unpaired) electrons. The molecule has 1 N–H and O–H groups in total. The summed E-state index contributed by atoms with van der Waals surface area (Å²) in [5.74, 6) is -0.619. The van der Waals surface area contributed by atoms with Crippen LogP contribution in [0, 0.1) is 0 Å². The SMILES string of the molecule is CCOC(=O)[C@H]1OCCN(C(=O)OC(C)(C)C)C[C@H]1O. The molecule has 20 heavy (non-hydrogen) atoms. The molecule has 1 fully saturated rings. The van der Waals surface area contributed by atoms with Gasteiger partial charge in [-0.05, 0) is 27.7 Å². The van der Waals surface area contributed by atoms with Gasteiger partial charge in [0.1, 0.15) is 11.7 Å². The fourth-order valence-electron chi connectivity index (χ4n) is 1.76. The Morgan fingerprint density at radius 3 is 2.60 bits per heavy atom. The van der Waals surface area contributed by atoms with E-state index in [1.54, 1.807) is 27.7 Å². The number of carbonyl (C=O) groups is 2. The highest BCUT2D eigenvalue weighted by Crippen LogP contribution is 2.14. The van der Waals surface area contributed by atoms with Crippen LogP contribution in [0.25, 0.3) is 0 Å². The summed E-state index contributed by atoms with van der Waals surface area (Å²) in [5, 5.41) is 9.99. The minimum atomic E-state index is -1.14. The number of ether oxygens (including phenoxy) is 3. The number of esters is 1. The van der Waals surface area contributed by atoms with Crippen molar-refractivity contribution in [2.45, 2.75) is 45.5 Å². The van der Waals surface area contributed by atoms with Gasteiger partial charge >= 0.3 is 12.1 Å². The molecule has 0 aromatic heterocycles. The Kier molecular flexibility index (Phi) is 5.76. The normalized spacial score (nSPS) is 23.9. The van der Waals surface area contributed by atoms with E-state index in [-0.39, 0.29) is 26.3 Å². The van der Waals surface area contributed by atoms with Crippen molar-refractivity contribution >= 4 is 12.1 Å². The molecule has 2 atom stereocenters. The maximum absolute atomic E-state index is 11.9. The fourth-order valence-corrected chi connectivity index (χ4v) is 1.76. The molecule has 116 valence electrons. The van der Waals surface area contributed by atoms with Gasteiger partial charge < -0.3 is 24.2 Å². The van der Waals surface area contributed by atoms with Crippen molar-refractivity contribution in [3.8, 4) is 0 Å². The minimum Gasteiger partial charge on any atom is -0.464 e. The summed E-state index contributed by atoms with van der Waals surface area (Å²) in [5.41, 5.74) is -0.615. The molecule has 0 aromatic carbocycles. The van der Waals surface area contributed by atoms with E-state index in [4.69, 9.17) is 14.2 Å². The average Bonchev–Trinajstić information content (AvgIpc) is 2.49. The third kappa shape index (κ3) is 4.97. The lowest BCUT2D eigenvalue weighted by Crippen LogP contribution is -2.44. The van der Waals surface area contributed by atoms with E-state index in [2.05, 4.69) is 0 Å². The quantitative estimate of drug-likeness (QED) is 0.747. The number of rotatable bonds is 2. The summed E-state index contributed by atoms with van der Waals surface area (Å²) in [7, 11) is 0. The molecule has 0 aromatic rings. The van der Waals surface area contributed by atoms with Gasteiger partial charge in [-0.1, -0.05) is 0 Å². The smallest absolute Gasteiger partial charge is 0.410 e. The van der Waals surface area contributed by atoms with Crippen LogP contribution in [0.1, 0.15) is 27.7 Å². The summed E-state index contributed by atoms with van der Waals surface area (Å²) < 4.78 is 15.3. The molecular formula is C13H23NO6. The standard InChI is InChI=1S/C13H23NO6/c1-5-18-11(16)10-9(15)8-14(6-7-19-10)12(17)20-13(2,3)4/h9-10,15H,5-8H2,1-4H3/t9-,10+/m1/s1. The van der Waals surface area contributed by atoms with Gasteiger partial charge in [0.05, 0.1) is 19.8 Å². The van der Waals surface area contributed by atoms with Gasteiger partial charge in [0, 0.05) is 6.54 Å². The van der Waals surface area contributed by atoms with Crippen molar-refractivity contribution in [3.63, 3.8) is 0 Å². The van der Waals surface area contributed by atoms with E-state index in [9.17, 15) is 14.7 Å². The molecule has 0 aliphatic carbocycles. The molecule has 0 saturated carbocycles. The van der Waals surface area contributed by atoms with Gasteiger partial charge in [-0.3, -0.25) is 0 Å². The summed E-state index contributed by atoms with van der Waals surface area (Å²) >= 11 is 0. The Labute approximate surface area is 118 Å². The molecule has 1 aliphatic rings. The maximum atomic E-state index is 11.9. The molecule has 1 heterocycles. The first kappa shape index (κ1) is 16.7. The largest absolute Gasteiger partial charge is 0.464 e. The van der Waals surface area contributed by atoms with Gasteiger partial charge in [-0.25, -0.2) is 9.59 Å². The zero-order valence-electron chi connectivity index (χ0n) is 12.4. The predicted molar refractivity (Wildman–Crippen MR) is 70.2 cm³/mol. The number of hydrogen-bond acceptors (Lipinski definition) is 6. The summed E-state index contributed by atoms with van der Waals surface area (Å²) in [4.78, 5) is 24.9. The van der Waals surface area contributed by atoms with E-state index in [1.165, 1.54) is 4.90 Å². The van der Waals surface area contributed by atoms with Gasteiger partial charge in [0.15, 0.2) is 6.10 Å². The van der Waals surface area contributed by atoms with Crippen molar-refractivity contribution in [2.24, 2.45) is 0 Å². The molecule has 0 bridgehead atoms. The first-order chi connectivity index (χ1) is 9.24.